The van der Waals surface area contributed by atoms with Crippen LogP contribution in [-0.4, -0.2) is 32.6 Å². The zero-order valence-electron chi connectivity index (χ0n) is 7.90. The Bertz CT molecular complexity index is 261. The topological polar surface area (TPSA) is 43.4 Å². The number of hydrogen-bond acceptors (Lipinski definition) is 3. The van der Waals surface area contributed by atoms with Gasteiger partial charge in [0.2, 0.25) is 0 Å². The molecule has 1 aliphatic rings. The first-order valence-electron chi connectivity index (χ1n) is 4.57. The summed E-state index contributed by atoms with van der Waals surface area (Å²) in [6.45, 7) is 2.53. The summed E-state index contributed by atoms with van der Waals surface area (Å²) < 4.78 is 28.1. The van der Waals surface area contributed by atoms with Crippen LogP contribution >= 0.6 is 0 Å². The van der Waals surface area contributed by atoms with Gasteiger partial charge in [-0.3, -0.25) is 0 Å². The first-order chi connectivity index (χ1) is 6.14. The van der Waals surface area contributed by atoms with Crippen LogP contribution in [0.4, 0.5) is 0 Å². The fourth-order valence-electron chi connectivity index (χ4n) is 1.37. The highest BCUT2D eigenvalue weighted by Crippen LogP contribution is 2.14. The van der Waals surface area contributed by atoms with Crippen LogP contribution in [0.3, 0.4) is 0 Å². The first-order valence-corrected chi connectivity index (χ1v) is 6.39. The summed E-state index contributed by atoms with van der Waals surface area (Å²) in [5.74, 6) is 0.320. The summed E-state index contributed by atoms with van der Waals surface area (Å²) in [6, 6.07) is 0. The van der Waals surface area contributed by atoms with E-state index >= 15 is 0 Å². The minimum atomic E-state index is -2.94. The van der Waals surface area contributed by atoms with Crippen molar-refractivity contribution < 1.29 is 13.2 Å². The molecule has 0 aromatic carbocycles. The van der Waals surface area contributed by atoms with Crippen LogP contribution in [0, 0.1) is 0 Å². The monoisotopic (exact) mass is 204 g/mol. The molecule has 1 fully saturated rings. The van der Waals surface area contributed by atoms with Crippen molar-refractivity contribution in [3.05, 3.63) is 12.2 Å². The van der Waals surface area contributed by atoms with Crippen molar-refractivity contribution in [1.29, 1.82) is 0 Å². The molecule has 1 unspecified atom stereocenters. The minimum Gasteiger partial charge on any atom is -0.377 e. The van der Waals surface area contributed by atoms with Gasteiger partial charge in [-0.15, -0.1) is 0 Å². The summed E-state index contributed by atoms with van der Waals surface area (Å²) in [4.78, 5) is 0. The maximum Gasteiger partial charge on any atom is 0.156 e. The molecule has 1 heterocycles. The number of hydrogen-bond donors (Lipinski definition) is 0. The second kappa shape index (κ2) is 4.77. The van der Waals surface area contributed by atoms with Gasteiger partial charge in [-0.05, 0) is 19.8 Å². The minimum absolute atomic E-state index is 0.0599. The van der Waals surface area contributed by atoms with E-state index in [1.54, 1.807) is 12.2 Å². The van der Waals surface area contributed by atoms with E-state index in [4.69, 9.17) is 4.74 Å². The Labute approximate surface area is 79.7 Å². The second-order valence-corrected chi connectivity index (χ2v) is 5.43. The zero-order valence-corrected chi connectivity index (χ0v) is 8.72. The van der Waals surface area contributed by atoms with Gasteiger partial charge in [-0.25, -0.2) is 8.42 Å². The van der Waals surface area contributed by atoms with Gasteiger partial charge in [0, 0.05) is 6.61 Å². The normalized spacial score (nSPS) is 24.2. The summed E-state index contributed by atoms with van der Waals surface area (Å²) in [7, 11) is -2.94. The summed E-state index contributed by atoms with van der Waals surface area (Å²) in [5.41, 5.74) is 0. The van der Waals surface area contributed by atoms with Crippen molar-refractivity contribution in [1.82, 2.24) is 0 Å². The van der Waals surface area contributed by atoms with E-state index in [9.17, 15) is 8.42 Å². The third kappa shape index (κ3) is 3.91. The predicted octanol–water partition coefficient (Wildman–Crippen LogP) is 1.16. The van der Waals surface area contributed by atoms with E-state index in [-0.39, 0.29) is 17.6 Å². The van der Waals surface area contributed by atoms with Crippen molar-refractivity contribution in [2.75, 3.05) is 18.1 Å². The lowest BCUT2D eigenvalue weighted by Gasteiger charge is -2.08. The van der Waals surface area contributed by atoms with E-state index in [1.807, 2.05) is 6.92 Å². The molecule has 0 radical (unpaired) electrons. The van der Waals surface area contributed by atoms with E-state index in [2.05, 4.69) is 0 Å². The average molecular weight is 204 g/mol. The molecule has 0 amide bonds. The van der Waals surface area contributed by atoms with E-state index in [0.29, 0.717) is 6.61 Å². The van der Waals surface area contributed by atoms with Gasteiger partial charge in [0.05, 0.1) is 17.6 Å². The van der Waals surface area contributed by atoms with E-state index < -0.39 is 9.84 Å². The Morgan fingerprint density at radius 1 is 1.54 bits per heavy atom. The Hall–Kier alpha value is -0.350. The zero-order chi connectivity index (χ0) is 9.73. The van der Waals surface area contributed by atoms with Crippen LogP contribution in [0.2, 0.25) is 0 Å². The van der Waals surface area contributed by atoms with Crippen molar-refractivity contribution in [3.63, 3.8) is 0 Å². The Morgan fingerprint density at radius 3 is 2.85 bits per heavy atom. The molecule has 1 saturated heterocycles. The molecular formula is C9H16O3S. The molecule has 4 heteroatoms. The van der Waals surface area contributed by atoms with Crippen LogP contribution in [0.5, 0.6) is 0 Å². The molecule has 0 N–H and O–H groups in total. The summed E-state index contributed by atoms with van der Waals surface area (Å²) in [6.07, 6.45) is 5.24. The lowest BCUT2D eigenvalue weighted by Crippen LogP contribution is -2.21. The highest BCUT2D eigenvalue weighted by Gasteiger charge is 2.22. The molecule has 0 spiro atoms. The van der Waals surface area contributed by atoms with Crippen molar-refractivity contribution in [2.24, 2.45) is 0 Å². The molecule has 1 rings (SSSR count). The van der Waals surface area contributed by atoms with Crippen LogP contribution in [0.15, 0.2) is 12.2 Å². The van der Waals surface area contributed by atoms with E-state index in [0.717, 1.165) is 12.8 Å². The van der Waals surface area contributed by atoms with Crippen LogP contribution in [0.1, 0.15) is 19.8 Å². The Morgan fingerprint density at radius 2 is 2.31 bits per heavy atom. The molecule has 1 atom stereocenters. The van der Waals surface area contributed by atoms with Gasteiger partial charge >= 0.3 is 0 Å². The molecule has 76 valence electrons. The standard InChI is InChI=1S/C9H16O3S/c1-2-3-7-13(10,11)8-9-5-4-6-12-9/h2-3,9H,4-8H2,1H3/b3-2+. The van der Waals surface area contributed by atoms with Crippen molar-refractivity contribution in [3.8, 4) is 0 Å². The van der Waals surface area contributed by atoms with Crippen LogP contribution in [-0.2, 0) is 14.6 Å². The maximum atomic E-state index is 11.4. The summed E-state index contributed by atoms with van der Waals surface area (Å²) in [5, 5.41) is 0. The summed E-state index contributed by atoms with van der Waals surface area (Å²) >= 11 is 0. The van der Waals surface area contributed by atoms with Crippen LogP contribution in [0.25, 0.3) is 0 Å². The molecule has 0 aromatic rings. The second-order valence-electron chi connectivity index (χ2n) is 3.28. The SMILES string of the molecule is C/C=C/CS(=O)(=O)CC1CCCO1. The third-order valence-electron chi connectivity index (χ3n) is 2.05. The lowest BCUT2D eigenvalue weighted by atomic mass is 10.3. The molecule has 0 aromatic heterocycles. The fourth-order valence-corrected chi connectivity index (χ4v) is 2.82. The predicted molar refractivity (Wildman–Crippen MR) is 52.4 cm³/mol. The highest BCUT2D eigenvalue weighted by molar-refractivity contribution is 7.91. The third-order valence-corrected chi connectivity index (χ3v) is 3.63. The number of sulfone groups is 1. The van der Waals surface area contributed by atoms with Gasteiger partial charge in [0.25, 0.3) is 0 Å². The van der Waals surface area contributed by atoms with Gasteiger partial charge in [0.15, 0.2) is 9.84 Å². The number of ether oxygens (including phenoxy) is 1. The molecular weight excluding hydrogens is 188 g/mol. The fraction of sp³-hybridized carbons (Fsp3) is 0.778. The van der Waals surface area contributed by atoms with Gasteiger partial charge < -0.3 is 4.74 Å². The van der Waals surface area contributed by atoms with Crippen LogP contribution < -0.4 is 0 Å². The molecule has 13 heavy (non-hydrogen) atoms. The molecule has 1 aliphatic heterocycles. The first kappa shape index (κ1) is 10.7. The smallest absolute Gasteiger partial charge is 0.156 e. The largest absolute Gasteiger partial charge is 0.377 e. The van der Waals surface area contributed by atoms with Gasteiger partial charge in [-0.1, -0.05) is 12.2 Å². The van der Waals surface area contributed by atoms with Gasteiger partial charge in [-0.2, -0.15) is 0 Å². The van der Waals surface area contributed by atoms with Crippen molar-refractivity contribution in [2.45, 2.75) is 25.9 Å². The molecule has 3 nitrogen and oxygen atoms in total. The maximum absolute atomic E-state index is 11.4. The highest BCUT2D eigenvalue weighted by atomic mass is 32.2. The van der Waals surface area contributed by atoms with Gasteiger partial charge in [0.1, 0.15) is 0 Å². The number of rotatable bonds is 4. The molecule has 0 aliphatic carbocycles. The van der Waals surface area contributed by atoms with E-state index in [1.165, 1.54) is 0 Å². The Kier molecular flexibility index (Phi) is 3.93. The number of allylic oxidation sites excluding steroid dienone is 1. The molecule has 0 bridgehead atoms. The quantitative estimate of drug-likeness (QED) is 0.645. The average Bonchev–Trinajstić information content (AvgIpc) is 2.52. The van der Waals surface area contributed by atoms with Crippen molar-refractivity contribution >= 4 is 9.84 Å². The lowest BCUT2D eigenvalue weighted by molar-refractivity contribution is 0.127. The molecule has 0 saturated carbocycles. The Balaban J connectivity index is 2.41.